The maximum absolute atomic E-state index is 13.3. The number of halogens is 2. The van der Waals surface area contributed by atoms with Crippen LogP contribution in [0.4, 0.5) is 14.9 Å². The van der Waals surface area contributed by atoms with Crippen molar-refractivity contribution in [1.82, 2.24) is 4.90 Å². The van der Waals surface area contributed by atoms with Gasteiger partial charge in [-0.2, -0.15) is 0 Å². The number of rotatable bonds is 5. The molecule has 1 fully saturated rings. The van der Waals surface area contributed by atoms with Gasteiger partial charge in [0.1, 0.15) is 23.9 Å². The molecular formula is C22H14ClFN2O4S. The fourth-order valence-corrected chi connectivity index (χ4v) is 3.86. The van der Waals surface area contributed by atoms with Crippen molar-refractivity contribution < 1.29 is 23.2 Å². The summed E-state index contributed by atoms with van der Waals surface area (Å²) < 4.78 is 19.0. The molecule has 4 rings (SSSR count). The van der Waals surface area contributed by atoms with E-state index in [9.17, 15) is 18.8 Å². The summed E-state index contributed by atoms with van der Waals surface area (Å²) in [6, 6.07) is 16.2. The molecule has 3 amide bonds. The molecule has 0 saturated carbocycles. The van der Waals surface area contributed by atoms with Crippen molar-refractivity contribution in [2.45, 2.75) is 0 Å². The van der Waals surface area contributed by atoms with Gasteiger partial charge in [-0.05, 0) is 54.2 Å². The SMILES string of the molecule is O=C(CN1C(=O)S/C(=C\c2ccc(-c3ccc(F)c(Cl)c3)o2)C1=O)Nc1ccccc1. The summed E-state index contributed by atoms with van der Waals surface area (Å²) in [5, 5.41) is 2.05. The summed E-state index contributed by atoms with van der Waals surface area (Å²) in [6.07, 6.45) is 1.43. The van der Waals surface area contributed by atoms with Crippen LogP contribution in [0.15, 0.2) is 70.0 Å². The standard InChI is InChI=1S/C22H14ClFN2O4S/c23-16-10-13(6-8-17(16)24)18-9-7-15(30-18)11-19-21(28)26(22(29)31-19)12-20(27)25-14-4-2-1-3-5-14/h1-11H,12H2,(H,25,27)/b19-11-. The Labute approximate surface area is 185 Å². The van der Waals surface area contributed by atoms with Crippen molar-refractivity contribution in [3.63, 3.8) is 0 Å². The first kappa shape index (κ1) is 20.9. The van der Waals surface area contributed by atoms with Gasteiger partial charge in [0.05, 0.1) is 9.93 Å². The largest absolute Gasteiger partial charge is 0.457 e. The van der Waals surface area contributed by atoms with Crippen LogP contribution in [0.25, 0.3) is 17.4 Å². The number of anilines is 1. The van der Waals surface area contributed by atoms with Gasteiger partial charge in [0.2, 0.25) is 5.91 Å². The first-order chi connectivity index (χ1) is 14.9. The summed E-state index contributed by atoms with van der Waals surface area (Å²) >= 11 is 6.52. The normalized spacial score (nSPS) is 15.0. The Bertz CT molecular complexity index is 1210. The van der Waals surface area contributed by atoms with Gasteiger partial charge in [-0.25, -0.2) is 4.39 Å². The average molecular weight is 457 g/mol. The van der Waals surface area contributed by atoms with Crippen LogP contribution in [0.2, 0.25) is 5.02 Å². The summed E-state index contributed by atoms with van der Waals surface area (Å²) in [5.41, 5.74) is 1.13. The van der Waals surface area contributed by atoms with Gasteiger partial charge in [-0.3, -0.25) is 19.3 Å². The monoisotopic (exact) mass is 456 g/mol. The zero-order valence-corrected chi connectivity index (χ0v) is 17.4. The van der Waals surface area contributed by atoms with E-state index in [1.165, 1.54) is 24.3 Å². The van der Waals surface area contributed by atoms with Crippen molar-refractivity contribution in [2.75, 3.05) is 11.9 Å². The van der Waals surface area contributed by atoms with Crippen molar-refractivity contribution in [3.8, 4) is 11.3 Å². The zero-order valence-electron chi connectivity index (χ0n) is 15.8. The lowest BCUT2D eigenvalue weighted by Crippen LogP contribution is -2.36. The Morgan fingerprint density at radius 3 is 2.65 bits per heavy atom. The summed E-state index contributed by atoms with van der Waals surface area (Å²) in [7, 11) is 0. The minimum atomic E-state index is -0.582. The van der Waals surface area contributed by atoms with Crippen LogP contribution in [0.3, 0.4) is 0 Å². The minimum absolute atomic E-state index is 0.0367. The van der Waals surface area contributed by atoms with Crippen LogP contribution in [0, 0.1) is 5.82 Å². The van der Waals surface area contributed by atoms with Gasteiger partial charge in [0, 0.05) is 17.3 Å². The number of nitrogens with zero attached hydrogens (tertiary/aromatic N) is 1. The first-order valence-corrected chi connectivity index (χ1v) is 10.3. The van der Waals surface area contributed by atoms with E-state index in [0.29, 0.717) is 22.8 Å². The van der Waals surface area contributed by atoms with Crippen LogP contribution in [-0.2, 0) is 9.59 Å². The molecule has 0 bridgehead atoms. The van der Waals surface area contributed by atoms with Gasteiger partial charge >= 0.3 is 0 Å². The van der Waals surface area contributed by atoms with Gasteiger partial charge < -0.3 is 9.73 Å². The van der Waals surface area contributed by atoms with Crippen molar-refractivity contribution >= 4 is 52.2 Å². The van der Waals surface area contributed by atoms with Gasteiger partial charge in [0.25, 0.3) is 11.1 Å². The number of hydrogen-bond acceptors (Lipinski definition) is 5. The van der Waals surface area contributed by atoms with E-state index in [-0.39, 0.29) is 9.93 Å². The van der Waals surface area contributed by atoms with Gasteiger partial charge in [0.15, 0.2) is 0 Å². The fourth-order valence-electron chi connectivity index (χ4n) is 2.87. The number of nitrogens with one attached hydrogen (secondary N) is 1. The molecule has 0 radical (unpaired) electrons. The Hall–Kier alpha value is -3.36. The molecule has 1 aromatic heterocycles. The highest BCUT2D eigenvalue weighted by Crippen LogP contribution is 2.33. The Balaban J connectivity index is 1.46. The number of benzene rings is 2. The third-order valence-corrected chi connectivity index (χ3v) is 5.53. The fraction of sp³-hybridized carbons (Fsp3) is 0.0455. The van der Waals surface area contributed by atoms with E-state index in [1.807, 2.05) is 6.07 Å². The van der Waals surface area contributed by atoms with E-state index in [2.05, 4.69) is 5.32 Å². The maximum Gasteiger partial charge on any atom is 0.294 e. The van der Waals surface area contributed by atoms with Crippen molar-refractivity contribution in [1.29, 1.82) is 0 Å². The second kappa shape index (κ2) is 8.79. The molecule has 1 aliphatic heterocycles. The molecule has 156 valence electrons. The molecule has 0 spiro atoms. The minimum Gasteiger partial charge on any atom is -0.457 e. The summed E-state index contributed by atoms with van der Waals surface area (Å²) in [4.78, 5) is 38.0. The van der Waals surface area contributed by atoms with Crippen LogP contribution >= 0.6 is 23.4 Å². The molecule has 6 nitrogen and oxygen atoms in total. The molecule has 9 heteroatoms. The Kier molecular flexibility index (Phi) is 5.92. The lowest BCUT2D eigenvalue weighted by atomic mass is 10.2. The number of imide groups is 1. The summed E-state index contributed by atoms with van der Waals surface area (Å²) in [5.74, 6) is -0.851. The predicted octanol–water partition coefficient (Wildman–Crippen LogP) is 5.41. The van der Waals surface area contributed by atoms with Crippen LogP contribution < -0.4 is 5.32 Å². The van der Waals surface area contributed by atoms with E-state index >= 15 is 0 Å². The van der Waals surface area contributed by atoms with Crippen molar-refractivity contribution in [3.05, 3.63) is 82.2 Å². The van der Waals surface area contributed by atoms with E-state index < -0.39 is 29.4 Å². The number of amides is 3. The molecule has 0 unspecified atom stereocenters. The maximum atomic E-state index is 13.3. The molecular weight excluding hydrogens is 443 g/mol. The van der Waals surface area contributed by atoms with Crippen molar-refractivity contribution in [2.24, 2.45) is 0 Å². The summed E-state index contributed by atoms with van der Waals surface area (Å²) in [6.45, 7) is -0.394. The number of carbonyl (C=O) groups excluding carboxylic acids is 3. The lowest BCUT2D eigenvalue weighted by Gasteiger charge is -2.12. The molecule has 1 aliphatic rings. The lowest BCUT2D eigenvalue weighted by molar-refractivity contribution is -0.127. The van der Waals surface area contributed by atoms with E-state index in [1.54, 1.807) is 36.4 Å². The second-order valence-electron chi connectivity index (χ2n) is 6.51. The third-order valence-electron chi connectivity index (χ3n) is 4.34. The van der Waals surface area contributed by atoms with E-state index in [0.717, 1.165) is 16.7 Å². The molecule has 0 aliphatic carbocycles. The molecule has 1 N–H and O–H groups in total. The molecule has 1 saturated heterocycles. The second-order valence-corrected chi connectivity index (χ2v) is 7.91. The molecule has 2 heterocycles. The highest BCUT2D eigenvalue weighted by atomic mass is 35.5. The van der Waals surface area contributed by atoms with Gasteiger partial charge in [-0.1, -0.05) is 29.8 Å². The quantitative estimate of drug-likeness (QED) is 0.519. The number of para-hydroxylation sites is 1. The number of carbonyl (C=O) groups is 3. The molecule has 3 aromatic rings. The molecule has 2 aromatic carbocycles. The Morgan fingerprint density at radius 2 is 1.90 bits per heavy atom. The number of thioether (sulfide) groups is 1. The zero-order chi connectivity index (χ0) is 22.0. The average Bonchev–Trinajstić information content (AvgIpc) is 3.31. The number of furan rings is 1. The topological polar surface area (TPSA) is 79.6 Å². The predicted molar refractivity (Wildman–Crippen MR) is 117 cm³/mol. The first-order valence-electron chi connectivity index (χ1n) is 9.06. The third kappa shape index (κ3) is 4.70. The molecule has 0 atom stereocenters. The van der Waals surface area contributed by atoms with Crippen LogP contribution in [0.5, 0.6) is 0 Å². The van der Waals surface area contributed by atoms with Crippen LogP contribution in [-0.4, -0.2) is 28.5 Å². The molecule has 31 heavy (non-hydrogen) atoms. The van der Waals surface area contributed by atoms with Crippen LogP contribution in [0.1, 0.15) is 5.76 Å². The number of hydrogen-bond donors (Lipinski definition) is 1. The highest BCUT2D eigenvalue weighted by Gasteiger charge is 2.36. The van der Waals surface area contributed by atoms with E-state index in [4.69, 9.17) is 16.0 Å². The highest BCUT2D eigenvalue weighted by molar-refractivity contribution is 8.18. The Morgan fingerprint density at radius 1 is 1.13 bits per heavy atom. The smallest absolute Gasteiger partial charge is 0.294 e. The van der Waals surface area contributed by atoms with Gasteiger partial charge in [-0.15, -0.1) is 0 Å².